The van der Waals surface area contributed by atoms with Crippen LogP contribution in [0.25, 0.3) is 11.0 Å². The molecule has 1 saturated heterocycles. The van der Waals surface area contributed by atoms with E-state index >= 15 is 0 Å². The standard InChI is InChI=1S/C22H21ClN4O3/c23-17-10-15-19(28)16(22(29)30)11-27(14-6-7-14)20(15)25-21(17)26-9-8-24-18(12-26)13-4-2-1-3-5-13/h1-5,10-11,14,18,24H,6-9,12H2,(H,29,30). The Morgan fingerprint density at radius 3 is 2.70 bits per heavy atom. The lowest BCUT2D eigenvalue weighted by Crippen LogP contribution is -2.46. The van der Waals surface area contributed by atoms with Crippen LogP contribution in [0.1, 0.15) is 40.8 Å². The smallest absolute Gasteiger partial charge is 0.341 e. The lowest BCUT2D eigenvalue weighted by molar-refractivity contribution is 0.0695. The third-order valence-corrected chi connectivity index (χ3v) is 6.07. The summed E-state index contributed by atoms with van der Waals surface area (Å²) in [5, 5.41) is 13.6. The van der Waals surface area contributed by atoms with Crippen LogP contribution in [0.3, 0.4) is 0 Å². The molecule has 0 spiro atoms. The molecule has 3 heterocycles. The minimum absolute atomic E-state index is 0.147. The first-order chi connectivity index (χ1) is 14.5. The zero-order chi connectivity index (χ0) is 20.8. The number of nitrogens with zero attached hydrogens (tertiary/aromatic N) is 3. The van der Waals surface area contributed by atoms with Crippen molar-refractivity contribution in [1.82, 2.24) is 14.9 Å². The van der Waals surface area contributed by atoms with E-state index in [9.17, 15) is 14.7 Å². The Morgan fingerprint density at radius 2 is 2.00 bits per heavy atom. The fourth-order valence-electron chi connectivity index (χ4n) is 4.09. The molecule has 1 atom stereocenters. The molecule has 0 radical (unpaired) electrons. The Morgan fingerprint density at radius 1 is 1.23 bits per heavy atom. The van der Waals surface area contributed by atoms with Crippen LogP contribution >= 0.6 is 11.6 Å². The number of nitrogens with one attached hydrogen (secondary N) is 1. The van der Waals surface area contributed by atoms with Gasteiger partial charge < -0.3 is 19.9 Å². The minimum Gasteiger partial charge on any atom is -0.477 e. The monoisotopic (exact) mass is 424 g/mol. The van der Waals surface area contributed by atoms with E-state index in [1.54, 1.807) is 6.07 Å². The molecule has 0 amide bonds. The lowest BCUT2D eigenvalue weighted by atomic mass is 10.0. The van der Waals surface area contributed by atoms with Crippen molar-refractivity contribution in [2.24, 2.45) is 0 Å². The molecule has 8 heteroatoms. The first-order valence-electron chi connectivity index (χ1n) is 10.0. The van der Waals surface area contributed by atoms with Crippen molar-refractivity contribution in [2.75, 3.05) is 24.5 Å². The highest BCUT2D eigenvalue weighted by Crippen LogP contribution is 2.38. The second-order valence-electron chi connectivity index (χ2n) is 7.84. The third-order valence-electron chi connectivity index (χ3n) is 5.79. The number of hydrogen-bond donors (Lipinski definition) is 2. The highest BCUT2D eigenvalue weighted by molar-refractivity contribution is 6.33. The van der Waals surface area contributed by atoms with Gasteiger partial charge in [0.1, 0.15) is 17.0 Å². The van der Waals surface area contributed by atoms with Gasteiger partial charge in [0.25, 0.3) is 0 Å². The Bertz CT molecular complexity index is 1190. The molecule has 1 unspecified atom stereocenters. The fourth-order valence-corrected chi connectivity index (χ4v) is 4.36. The predicted molar refractivity (Wildman–Crippen MR) is 116 cm³/mol. The van der Waals surface area contributed by atoms with Gasteiger partial charge in [-0.05, 0) is 24.5 Å². The van der Waals surface area contributed by atoms with Crippen LogP contribution in [0.2, 0.25) is 5.02 Å². The van der Waals surface area contributed by atoms with Crippen molar-refractivity contribution in [3.05, 3.63) is 69.0 Å². The van der Waals surface area contributed by atoms with Gasteiger partial charge in [-0.2, -0.15) is 0 Å². The molecule has 2 fully saturated rings. The van der Waals surface area contributed by atoms with Gasteiger partial charge in [-0.25, -0.2) is 9.78 Å². The fraction of sp³-hybridized carbons (Fsp3) is 0.318. The van der Waals surface area contributed by atoms with E-state index in [1.165, 1.54) is 11.8 Å². The van der Waals surface area contributed by atoms with Gasteiger partial charge in [0.15, 0.2) is 0 Å². The van der Waals surface area contributed by atoms with E-state index < -0.39 is 11.4 Å². The van der Waals surface area contributed by atoms with Gasteiger partial charge in [0.2, 0.25) is 5.43 Å². The number of carboxylic acid groups (broad SMARTS) is 1. The molecule has 30 heavy (non-hydrogen) atoms. The average molecular weight is 425 g/mol. The van der Waals surface area contributed by atoms with Gasteiger partial charge in [-0.3, -0.25) is 4.79 Å². The maximum atomic E-state index is 12.7. The van der Waals surface area contributed by atoms with Crippen LogP contribution in [0.5, 0.6) is 0 Å². The summed E-state index contributed by atoms with van der Waals surface area (Å²) in [7, 11) is 0. The highest BCUT2D eigenvalue weighted by Gasteiger charge is 2.29. The lowest BCUT2D eigenvalue weighted by Gasteiger charge is -2.35. The molecule has 2 N–H and O–H groups in total. The number of aromatic carboxylic acids is 1. The molecule has 3 aromatic rings. The molecule has 5 rings (SSSR count). The maximum absolute atomic E-state index is 12.7. The zero-order valence-electron chi connectivity index (χ0n) is 16.2. The van der Waals surface area contributed by atoms with Crippen LogP contribution in [0.15, 0.2) is 47.4 Å². The summed E-state index contributed by atoms with van der Waals surface area (Å²) in [5.41, 5.74) is 0.908. The van der Waals surface area contributed by atoms with E-state index in [0.29, 0.717) is 23.0 Å². The molecule has 1 aliphatic carbocycles. The van der Waals surface area contributed by atoms with Crippen molar-refractivity contribution in [3.63, 3.8) is 0 Å². The van der Waals surface area contributed by atoms with E-state index in [0.717, 1.165) is 25.9 Å². The number of piperazine rings is 1. The Balaban J connectivity index is 1.59. The van der Waals surface area contributed by atoms with Crippen LogP contribution in [0.4, 0.5) is 5.82 Å². The van der Waals surface area contributed by atoms with E-state index in [-0.39, 0.29) is 23.0 Å². The molecule has 1 saturated carbocycles. The summed E-state index contributed by atoms with van der Waals surface area (Å²) in [4.78, 5) is 31.2. The number of rotatable bonds is 4. The molecule has 1 aromatic carbocycles. The third kappa shape index (κ3) is 3.34. The highest BCUT2D eigenvalue weighted by atomic mass is 35.5. The summed E-state index contributed by atoms with van der Waals surface area (Å²) in [6, 6.07) is 12.1. The Hall–Kier alpha value is -2.90. The Kier molecular flexibility index (Phi) is 4.72. The number of hydrogen-bond acceptors (Lipinski definition) is 5. The molecule has 0 bridgehead atoms. The molecular weight excluding hydrogens is 404 g/mol. The van der Waals surface area contributed by atoms with Crippen LogP contribution in [0, 0.1) is 0 Å². The first-order valence-corrected chi connectivity index (χ1v) is 10.4. The summed E-state index contributed by atoms with van der Waals surface area (Å²) in [6.45, 7) is 2.22. The van der Waals surface area contributed by atoms with Gasteiger partial charge in [-0.15, -0.1) is 0 Å². The van der Waals surface area contributed by atoms with Crippen LogP contribution in [-0.4, -0.2) is 40.3 Å². The summed E-state index contributed by atoms with van der Waals surface area (Å²) >= 11 is 6.56. The molecule has 7 nitrogen and oxygen atoms in total. The number of benzene rings is 1. The quantitative estimate of drug-likeness (QED) is 0.668. The van der Waals surface area contributed by atoms with Crippen molar-refractivity contribution < 1.29 is 9.90 Å². The second kappa shape index (κ2) is 7.41. The summed E-state index contributed by atoms with van der Waals surface area (Å²) in [6.07, 6.45) is 3.32. The summed E-state index contributed by atoms with van der Waals surface area (Å²) in [5.74, 6) is -0.604. The van der Waals surface area contributed by atoms with Crippen LogP contribution < -0.4 is 15.6 Å². The number of carboxylic acids is 1. The van der Waals surface area contributed by atoms with Gasteiger partial charge in [0, 0.05) is 37.9 Å². The minimum atomic E-state index is -1.23. The molecule has 2 aliphatic rings. The molecule has 1 aliphatic heterocycles. The van der Waals surface area contributed by atoms with E-state index in [1.807, 2.05) is 22.8 Å². The molecular formula is C22H21ClN4O3. The van der Waals surface area contributed by atoms with E-state index in [2.05, 4.69) is 22.3 Å². The van der Waals surface area contributed by atoms with Gasteiger partial charge in [-0.1, -0.05) is 41.9 Å². The van der Waals surface area contributed by atoms with Gasteiger partial charge >= 0.3 is 5.97 Å². The zero-order valence-corrected chi connectivity index (χ0v) is 17.0. The number of pyridine rings is 2. The molecule has 154 valence electrons. The normalized spacial score (nSPS) is 19.2. The number of carbonyl (C=O) groups is 1. The molecule has 2 aromatic heterocycles. The topological polar surface area (TPSA) is 87.5 Å². The number of fused-ring (bicyclic) bond motifs is 1. The SMILES string of the molecule is O=C(O)c1cn(C2CC2)c2nc(N3CCNC(c4ccccc4)C3)c(Cl)cc2c1=O. The average Bonchev–Trinajstić information content (AvgIpc) is 3.60. The number of halogens is 1. The van der Waals surface area contributed by atoms with Gasteiger partial charge in [0.05, 0.1) is 10.4 Å². The number of anilines is 1. The summed E-state index contributed by atoms with van der Waals surface area (Å²) < 4.78 is 1.83. The van der Waals surface area contributed by atoms with Crippen molar-refractivity contribution in [3.8, 4) is 0 Å². The maximum Gasteiger partial charge on any atom is 0.341 e. The van der Waals surface area contributed by atoms with Crippen molar-refractivity contribution in [1.29, 1.82) is 0 Å². The largest absolute Gasteiger partial charge is 0.477 e. The first kappa shape index (κ1) is 19.1. The second-order valence-corrected chi connectivity index (χ2v) is 8.25. The number of aromatic nitrogens is 2. The van der Waals surface area contributed by atoms with Crippen LogP contribution in [-0.2, 0) is 0 Å². The van der Waals surface area contributed by atoms with Crippen molar-refractivity contribution in [2.45, 2.75) is 24.9 Å². The Labute approximate surface area is 177 Å². The predicted octanol–water partition coefficient (Wildman–Crippen LogP) is 3.23. The van der Waals surface area contributed by atoms with Crippen molar-refractivity contribution >= 4 is 34.4 Å². The van der Waals surface area contributed by atoms with E-state index in [4.69, 9.17) is 16.6 Å².